The molecule has 0 aromatic carbocycles. The zero-order valence-electron chi connectivity index (χ0n) is 8.54. The van der Waals surface area contributed by atoms with Crippen LogP contribution in [-0.4, -0.2) is 17.2 Å². The van der Waals surface area contributed by atoms with E-state index in [1.165, 1.54) is 32.1 Å². The molecule has 0 aliphatic heterocycles. The smallest absolute Gasteiger partial charge is 0.162 e. The molecule has 2 nitrogen and oxygen atoms in total. The van der Waals surface area contributed by atoms with Crippen LogP contribution >= 0.6 is 12.6 Å². The van der Waals surface area contributed by atoms with Crippen molar-refractivity contribution in [3.8, 4) is 0 Å². The highest BCUT2D eigenvalue weighted by Crippen LogP contribution is 2.29. The molecule has 0 heterocycles. The Labute approximate surface area is 91.2 Å². The zero-order chi connectivity index (χ0) is 9.97. The second-order valence-corrected chi connectivity index (χ2v) is 5.10. The van der Waals surface area contributed by atoms with Crippen molar-refractivity contribution in [2.75, 3.05) is 0 Å². The fraction of sp³-hybridized carbons (Fsp3) is 0.909. The summed E-state index contributed by atoms with van der Waals surface area (Å²) >= 11 is 4.37. The molecule has 2 aliphatic carbocycles. The van der Waals surface area contributed by atoms with E-state index in [0.717, 1.165) is 12.8 Å². The maximum Gasteiger partial charge on any atom is 0.162 e. The van der Waals surface area contributed by atoms with Crippen molar-refractivity contribution in [2.45, 2.75) is 56.4 Å². The van der Waals surface area contributed by atoms with Crippen molar-refractivity contribution in [2.24, 2.45) is 5.92 Å². The van der Waals surface area contributed by atoms with Crippen LogP contribution in [0.1, 0.15) is 44.9 Å². The first-order valence-corrected chi connectivity index (χ1v) is 6.27. The number of thiol groups is 1. The van der Waals surface area contributed by atoms with Crippen molar-refractivity contribution < 1.29 is 4.79 Å². The lowest BCUT2D eigenvalue weighted by atomic mass is 9.82. The van der Waals surface area contributed by atoms with Gasteiger partial charge in [0.15, 0.2) is 5.78 Å². The molecule has 1 unspecified atom stereocenters. The number of hydrogen-bond donors (Lipinski definition) is 2. The highest BCUT2D eigenvalue weighted by atomic mass is 32.1. The monoisotopic (exact) mass is 213 g/mol. The van der Waals surface area contributed by atoms with E-state index in [9.17, 15) is 4.79 Å². The summed E-state index contributed by atoms with van der Waals surface area (Å²) in [6.07, 6.45) is 8.43. The number of carbonyl (C=O) groups excluding carboxylic acids is 1. The van der Waals surface area contributed by atoms with Crippen LogP contribution in [0.3, 0.4) is 0 Å². The number of hydrogen-bond acceptors (Lipinski definition) is 3. The lowest BCUT2D eigenvalue weighted by Gasteiger charge is -2.28. The van der Waals surface area contributed by atoms with Gasteiger partial charge in [-0.3, -0.25) is 10.1 Å². The summed E-state index contributed by atoms with van der Waals surface area (Å²) in [5.41, 5.74) is 0. The molecule has 0 radical (unpaired) electrons. The van der Waals surface area contributed by atoms with Gasteiger partial charge in [0.2, 0.25) is 0 Å². The maximum absolute atomic E-state index is 11.8. The Kier molecular flexibility index (Phi) is 3.50. The van der Waals surface area contributed by atoms with Gasteiger partial charge in [0.05, 0.1) is 0 Å². The van der Waals surface area contributed by atoms with Crippen LogP contribution in [0.5, 0.6) is 0 Å². The molecule has 1 atom stereocenters. The van der Waals surface area contributed by atoms with Crippen molar-refractivity contribution >= 4 is 18.4 Å². The fourth-order valence-electron chi connectivity index (χ4n) is 2.31. The van der Waals surface area contributed by atoms with Gasteiger partial charge in [-0.1, -0.05) is 19.3 Å². The number of carbonyl (C=O) groups is 1. The van der Waals surface area contributed by atoms with Gasteiger partial charge in [-0.2, -0.15) is 12.6 Å². The second kappa shape index (κ2) is 4.67. The van der Waals surface area contributed by atoms with Gasteiger partial charge in [0, 0.05) is 12.0 Å². The Morgan fingerprint density at radius 2 is 1.79 bits per heavy atom. The molecule has 0 amide bonds. The van der Waals surface area contributed by atoms with Crippen molar-refractivity contribution in [1.29, 1.82) is 0 Å². The van der Waals surface area contributed by atoms with Crippen molar-refractivity contribution in [3.05, 3.63) is 0 Å². The van der Waals surface area contributed by atoms with Gasteiger partial charge in [-0.05, 0) is 25.7 Å². The third kappa shape index (κ3) is 2.31. The third-order valence-electron chi connectivity index (χ3n) is 3.53. The first kappa shape index (κ1) is 10.5. The van der Waals surface area contributed by atoms with Gasteiger partial charge >= 0.3 is 0 Å². The van der Waals surface area contributed by atoms with Crippen LogP contribution in [0, 0.1) is 5.92 Å². The Morgan fingerprint density at radius 3 is 2.29 bits per heavy atom. The lowest BCUT2D eigenvalue weighted by molar-refractivity contribution is -0.125. The Hall–Kier alpha value is -0.0200. The van der Waals surface area contributed by atoms with Crippen LogP contribution in [0.15, 0.2) is 0 Å². The SMILES string of the molecule is O=C(C1CCC1)C(S)NC1CCCC1. The molecule has 0 saturated heterocycles. The van der Waals surface area contributed by atoms with Crippen LogP contribution in [0.2, 0.25) is 0 Å². The second-order valence-electron chi connectivity index (χ2n) is 4.58. The van der Waals surface area contributed by atoms with Crippen molar-refractivity contribution in [1.82, 2.24) is 5.32 Å². The van der Waals surface area contributed by atoms with E-state index >= 15 is 0 Å². The predicted octanol–water partition coefficient (Wildman–Crippen LogP) is 2.14. The van der Waals surface area contributed by atoms with E-state index < -0.39 is 0 Å². The third-order valence-corrected chi connectivity index (χ3v) is 3.93. The Balaban J connectivity index is 1.75. The van der Waals surface area contributed by atoms with E-state index in [0.29, 0.717) is 17.7 Å². The topological polar surface area (TPSA) is 29.1 Å². The molecular formula is C11H19NOS. The molecule has 0 aromatic rings. The lowest BCUT2D eigenvalue weighted by Crippen LogP contribution is -2.42. The van der Waals surface area contributed by atoms with E-state index in [2.05, 4.69) is 17.9 Å². The number of ketones is 1. The van der Waals surface area contributed by atoms with Crippen LogP contribution < -0.4 is 5.32 Å². The highest BCUT2D eigenvalue weighted by Gasteiger charge is 2.30. The molecule has 0 aromatic heterocycles. The quantitative estimate of drug-likeness (QED) is 0.553. The summed E-state index contributed by atoms with van der Waals surface area (Å²) in [6, 6.07) is 0.543. The minimum atomic E-state index is -0.205. The van der Waals surface area contributed by atoms with Gasteiger partial charge in [-0.25, -0.2) is 0 Å². The first-order valence-electron chi connectivity index (χ1n) is 5.75. The van der Waals surface area contributed by atoms with Crippen molar-refractivity contribution in [3.63, 3.8) is 0 Å². The molecule has 3 heteroatoms. The van der Waals surface area contributed by atoms with Crippen LogP contribution in [0.25, 0.3) is 0 Å². The molecule has 0 spiro atoms. The molecule has 0 bridgehead atoms. The average Bonchev–Trinajstić information content (AvgIpc) is 2.53. The van der Waals surface area contributed by atoms with E-state index in [1.807, 2.05) is 0 Å². The Bertz CT molecular complexity index is 209. The summed E-state index contributed by atoms with van der Waals surface area (Å²) in [4.78, 5) is 11.8. The number of Topliss-reactive ketones (excluding diaryl/α,β-unsaturated/α-hetero) is 1. The highest BCUT2D eigenvalue weighted by molar-refractivity contribution is 7.81. The summed E-state index contributed by atoms with van der Waals surface area (Å²) in [5, 5.41) is 3.14. The molecular weight excluding hydrogens is 194 g/mol. The molecule has 14 heavy (non-hydrogen) atoms. The summed E-state index contributed by atoms with van der Waals surface area (Å²) in [5.74, 6) is 0.637. The molecule has 2 rings (SSSR count). The summed E-state index contributed by atoms with van der Waals surface area (Å²) < 4.78 is 0. The van der Waals surface area contributed by atoms with Gasteiger partial charge in [0.1, 0.15) is 5.37 Å². The average molecular weight is 213 g/mol. The molecule has 2 saturated carbocycles. The fourth-order valence-corrected chi connectivity index (χ4v) is 2.74. The molecule has 2 fully saturated rings. The minimum Gasteiger partial charge on any atom is -0.297 e. The minimum absolute atomic E-state index is 0.205. The summed E-state index contributed by atoms with van der Waals surface area (Å²) in [7, 11) is 0. The standard InChI is InChI=1S/C11H19NOS/c13-10(8-4-3-5-8)11(14)12-9-6-1-2-7-9/h8-9,11-12,14H,1-7H2. The normalized spacial score (nSPS) is 26.1. The van der Waals surface area contributed by atoms with Gasteiger partial charge in [-0.15, -0.1) is 0 Å². The summed E-state index contributed by atoms with van der Waals surface area (Å²) in [6.45, 7) is 0. The number of nitrogens with one attached hydrogen (secondary N) is 1. The van der Waals surface area contributed by atoms with E-state index in [-0.39, 0.29) is 5.37 Å². The molecule has 80 valence electrons. The van der Waals surface area contributed by atoms with Crippen LogP contribution in [-0.2, 0) is 4.79 Å². The largest absolute Gasteiger partial charge is 0.297 e. The van der Waals surface area contributed by atoms with Crippen LogP contribution in [0.4, 0.5) is 0 Å². The van der Waals surface area contributed by atoms with Gasteiger partial charge in [0.25, 0.3) is 0 Å². The zero-order valence-corrected chi connectivity index (χ0v) is 9.43. The van der Waals surface area contributed by atoms with Gasteiger partial charge < -0.3 is 0 Å². The maximum atomic E-state index is 11.8. The molecule has 2 aliphatic rings. The molecule has 1 N–H and O–H groups in total. The van der Waals surface area contributed by atoms with E-state index in [1.54, 1.807) is 0 Å². The first-order chi connectivity index (χ1) is 6.77. The predicted molar refractivity (Wildman–Crippen MR) is 60.5 cm³/mol. The number of rotatable bonds is 4. The van der Waals surface area contributed by atoms with E-state index in [4.69, 9.17) is 0 Å². The Morgan fingerprint density at radius 1 is 1.14 bits per heavy atom.